The van der Waals surface area contributed by atoms with Crippen molar-refractivity contribution in [1.29, 1.82) is 0 Å². The molecule has 0 aromatic carbocycles. The first kappa shape index (κ1) is 17.9. The highest BCUT2D eigenvalue weighted by Crippen LogP contribution is 2.26. The van der Waals surface area contributed by atoms with Crippen LogP contribution >= 0.6 is 0 Å². The van der Waals surface area contributed by atoms with Crippen LogP contribution < -0.4 is 5.32 Å². The fourth-order valence-electron chi connectivity index (χ4n) is 4.11. The first-order valence-electron chi connectivity index (χ1n) is 9.63. The Morgan fingerprint density at radius 1 is 1.23 bits per heavy atom. The number of aliphatic hydroxyl groups is 1. The molecule has 4 rings (SSSR count). The summed E-state index contributed by atoms with van der Waals surface area (Å²) in [4.78, 5) is 16.7. The summed E-state index contributed by atoms with van der Waals surface area (Å²) in [5.74, 6) is 1.04. The number of hydrogen-bond donors (Lipinski definition) is 2. The summed E-state index contributed by atoms with van der Waals surface area (Å²) in [5.41, 5.74) is 2.11. The minimum absolute atomic E-state index is 0.0843. The zero-order valence-electron chi connectivity index (χ0n) is 15.2. The van der Waals surface area contributed by atoms with Gasteiger partial charge in [-0.3, -0.25) is 14.6 Å². The van der Waals surface area contributed by atoms with Crippen LogP contribution in [0.3, 0.4) is 0 Å². The number of amides is 1. The van der Waals surface area contributed by atoms with Crippen LogP contribution in [-0.4, -0.2) is 84.1 Å². The highest BCUT2D eigenvalue weighted by molar-refractivity contribution is 5.78. The molecule has 1 aromatic heterocycles. The fraction of sp³-hybridized carbons (Fsp3) is 0.778. The van der Waals surface area contributed by atoms with E-state index < -0.39 is 0 Å². The molecule has 1 aliphatic carbocycles. The number of carbonyl (C=O) groups excluding carboxylic acids is 1. The third-order valence-electron chi connectivity index (χ3n) is 5.58. The minimum Gasteiger partial charge on any atom is -0.392 e. The van der Waals surface area contributed by atoms with E-state index in [1.54, 1.807) is 0 Å². The number of morpholine rings is 1. The number of nitrogens with zero attached hydrogens (tertiary/aromatic N) is 3. The first-order valence-corrected chi connectivity index (χ1v) is 9.63. The van der Waals surface area contributed by atoms with Crippen molar-refractivity contribution in [3.8, 4) is 0 Å². The van der Waals surface area contributed by atoms with Crippen LogP contribution in [0, 0.1) is 0 Å². The standard InChI is InChI=1S/C18H28N4O4/c23-14-3-4-22(10-14)11-16-15-9-13(1-2-17(15)26-20-16)19-18(24)12-21-5-7-25-8-6-21/h13-14,23H,1-12H2,(H,19,24)/t13?,14-/m1/s1. The quantitative estimate of drug-likeness (QED) is 0.731. The zero-order chi connectivity index (χ0) is 17.9. The molecule has 2 atom stereocenters. The van der Waals surface area contributed by atoms with Gasteiger partial charge in [0.2, 0.25) is 5.91 Å². The number of aryl methyl sites for hydroxylation is 1. The lowest BCUT2D eigenvalue weighted by Gasteiger charge is -2.28. The SMILES string of the molecule is O=C(CN1CCOCC1)NC1CCc2onc(CN3CC[C@@H](O)C3)c2C1. The van der Waals surface area contributed by atoms with Crippen LogP contribution in [0.25, 0.3) is 0 Å². The molecule has 2 saturated heterocycles. The lowest BCUT2D eigenvalue weighted by molar-refractivity contribution is -0.124. The molecule has 8 nitrogen and oxygen atoms in total. The van der Waals surface area contributed by atoms with Crippen LogP contribution in [-0.2, 0) is 28.9 Å². The maximum atomic E-state index is 12.4. The number of aliphatic hydroxyl groups excluding tert-OH is 1. The molecular formula is C18H28N4O4. The monoisotopic (exact) mass is 364 g/mol. The van der Waals surface area contributed by atoms with E-state index >= 15 is 0 Å². The number of aromatic nitrogens is 1. The Balaban J connectivity index is 1.31. The van der Waals surface area contributed by atoms with Crippen molar-refractivity contribution >= 4 is 5.91 Å². The van der Waals surface area contributed by atoms with Gasteiger partial charge in [-0.05, 0) is 19.3 Å². The molecule has 3 aliphatic rings. The second-order valence-electron chi connectivity index (χ2n) is 7.60. The molecule has 144 valence electrons. The Labute approximate surface area is 153 Å². The van der Waals surface area contributed by atoms with Crippen LogP contribution in [0.5, 0.6) is 0 Å². The average molecular weight is 364 g/mol. The zero-order valence-corrected chi connectivity index (χ0v) is 15.2. The van der Waals surface area contributed by atoms with Crippen molar-refractivity contribution in [2.45, 2.75) is 44.4 Å². The summed E-state index contributed by atoms with van der Waals surface area (Å²) in [6.45, 7) is 5.78. The van der Waals surface area contributed by atoms with E-state index in [9.17, 15) is 9.90 Å². The molecule has 2 N–H and O–H groups in total. The van der Waals surface area contributed by atoms with E-state index in [-0.39, 0.29) is 18.1 Å². The van der Waals surface area contributed by atoms with E-state index in [0.717, 1.165) is 62.3 Å². The molecule has 2 aliphatic heterocycles. The van der Waals surface area contributed by atoms with Crippen molar-refractivity contribution < 1.29 is 19.2 Å². The summed E-state index contributed by atoms with van der Waals surface area (Å²) in [5, 5.41) is 17.1. The number of β-amino-alcohol motifs (C(OH)–C–C–N with tert-alkyl or cyclic N) is 1. The second-order valence-corrected chi connectivity index (χ2v) is 7.60. The maximum Gasteiger partial charge on any atom is 0.234 e. The van der Waals surface area contributed by atoms with Crippen LogP contribution in [0.2, 0.25) is 0 Å². The topological polar surface area (TPSA) is 91.1 Å². The van der Waals surface area contributed by atoms with E-state index in [1.807, 2.05) is 0 Å². The normalized spacial score (nSPS) is 27.4. The third-order valence-corrected chi connectivity index (χ3v) is 5.58. The number of nitrogens with one attached hydrogen (secondary N) is 1. The van der Waals surface area contributed by atoms with Gasteiger partial charge < -0.3 is 19.7 Å². The highest BCUT2D eigenvalue weighted by Gasteiger charge is 2.29. The Kier molecular flexibility index (Phi) is 5.54. The van der Waals surface area contributed by atoms with Gasteiger partial charge in [0.05, 0.1) is 25.9 Å². The maximum absolute atomic E-state index is 12.4. The second kappa shape index (κ2) is 8.04. The van der Waals surface area contributed by atoms with Crippen molar-refractivity contribution in [1.82, 2.24) is 20.3 Å². The molecule has 3 heterocycles. The molecule has 2 fully saturated rings. The number of carbonyl (C=O) groups is 1. The number of likely N-dealkylation sites (tertiary alicyclic amines) is 1. The van der Waals surface area contributed by atoms with Gasteiger partial charge >= 0.3 is 0 Å². The Morgan fingerprint density at radius 2 is 2.08 bits per heavy atom. The van der Waals surface area contributed by atoms with Crippen molar-refractivity contribution in [2.75, 3.05) is 45.9 Å². The highest BCUT2D eigenvalue weighted by atomic mass is 16.5. The van der Waals surface area contributed by atoms with Gasteiger partial charge in [-0.25, -0.2) is 0 Å². The van der Waals surface area contributed by atoms with Gasteiger partial charge in [0.1, 0.15) is 11.5 Å². The van der Waals surface area contributed by atoms with E-state index in [0.29, 0.717) is 32.8 Å². The molecule has 1 unspecified atom stereocenters. The Morgan fingerprint density at radius 3 is 2.85 bits per heavy atom. The molecule has 1 aromatic rings. The lowest BCUT2D eigenvalue weighted by Crippen LogP contribution is -2.47. The van der Waals surface area contributed by atoms with Gasteiger partial charge in [-0.1, -0.05) is 5.16 Å². The first-order chi connectivity index (χ1) is 12.7. The summed E-state index contributed by atoms with van der Waals surface area (Å²) < 4.78 is 10.9. The fourth-order valence-corrected chi connectivity index (χ4v) is 4.11. The van der Waals surface area contributed by atoms with Crippen molar-refractivity contribution in [3.05, 3.63) is 17.0 Å². The van der Waals surface area contributed by atoms with Crippen molar-refractivity contribution in [2.24, 2.45) is 0 Å². The third kappa shape index (κ3) is 4.25. The summed E-state index contributed by atoms with van der Waals surface area (Å²) in [6, 6.07) is 0.137. The van der Waals surface area contributed by atoms with Gasteiger partial charge in [-0.2, -0.15) is 0 Å². The van der Waals surface area contributed by atoms with Crippen LogP contribution in [0.1, 0.15) is 29.9 Å². The molecule has 0 saturated carbocycles. The van der Waals surface area contributed by atoms with Gasteiger partial charge in [0, 0.05) is 50.7 Å². The molecule has 0 spiro atoms. The van der Waals surface area contributed by atoms with E-state index in [2.05, 4.69) is 20.3 Å². The number of fused-ring (bicyclic) bond motifs is 1. The smallest absolute Gasteiger partial charge is 0.234 e. The summed E-state index contributed by atoms with van der Waals surface area (Å²) >= 11 is 0. The van der Waals surface area contributed by atoms with Gasteiger partial charge in [-0.15, -0.1) is 0 Å². The number of rotatable bonds is 5. The van der Waals surface area contributed by atoms with E-state index in [4.69, 9.17) is 9.26 Å². The predicted octanol–water partition coefficient (Wildman–Crippen LogP) is -0.453. The van der Waals surface area contributed by atoms with Crippen molar-refractivity contribution in [3.63, 3.8) is 0 Å². The largest absolute Gasteiger partial charge is 0.392 e. The lowest BCUT2D eigenvalue weighted by atomic mass is 9.92. The summed E-state index contributed by atoms with van der Waals surface area (Å²) in [7, 11) is 0. The number of hydrogen-bond acceptors (Lipinski definition) is 7. The Bertz CT molecular complexity index is 629. The minimum atomic E-state index is -0.232. The molecule has 0 radical (unpaired) electrons. The summed E-state index contributed by atoms with van der Waals surface area (Å²) in [6.07, 6.45) is 3.07. The van der Waals surface area contributed by atoms with Crippen LogP contribution in [0.4, 0.5) is 0 Å². The number of ether oxygens (including phenoxy) is 1. The molecule has 8 heteroatoms. The molecule has 0 bridgehead atoms. The molecular weight excluding hydrogens is 336 g/mol. The van der Waals surface area contributed by atoms with Crippen LogP contribution in [0.15, 0.2) is 4.52 Å². The average Bonchev–Trinajstić information content (AvgIpc) is 3.22. The molecule has 26 heavy (non-hydrogen) atoms. The van der Waals surface area contributed by atoms with Gasteiger partial charge in [0.25, 0.3) is 0 Å². The molecule has 1 amide bonds. The predicted molar refractivity (Wildman–Crippen MR) is 93.6 cm³/mol. The van der Waals surface area contributed by atoms with E-state index in [1.165, 1.54) is 0 Å². The van der Waals surface area contributed by atoms with Gasteiger partial charge in [0.15, 0.2) is 0 Å². The Hall–Kier alpha value is -1.48.